The van der Waals surface area contributed by atoms with Crippen molar-refractivity contribution in [3.63, 3.8) is 0 Å². The average Bonchev–Trinajstić information content (AvgIpc) is 3.27. The minimum atomic E-state index is -0.352. The van der Waals surface area contributed by atoms with Crippen molar-refractivity contribution in [2.75, 3.05) is 26.7 Å². The van der Waals surface area contributed by atoms with Gasteiger partial charge >= 0.3 is 0 Å². The number of hydrogen-bond donors (Lipinski definition) is 1. The van der Waals surface area contributed by atoms with Gasteiger partial charge in [0.15, 0.2) is 6.61 Å². The normalized spacial score (nSPS) is 15.9. The molecule has 1 aromatic heterocycles. The summed E-state index contributed by atoms with van der Waals surface area (Å²) in [4.78, 5) is 31.4. The Hall–Kier alpha value is -3.48. The van der Waals surface area contributed by atoms with Crippen molar-refractivity contribution in [2.45, 2.75) is 12.3 Å². The number of para-hydroxylation sites is 1. The maximum Gasteiger partial charge on any atom is 0.260 e. The van der Waals surface area contributed by atoms with Crippen LogP contribution in [0.5, 0.6) is 5.75 Å². The van der Waals surface area contributed by atoms with Gasteiger partial charge in [0.25, 0.3) is 11.8 Å². The number of halogens is 1. The van der Waals surface area contributed by atoms with Crippen LogP contribution in [0.15, 0.2) is 54.6 Å². The molecule has 0 unspecified atom stereocenters. The fraction of sp³-hybridized carbons (Fsp3) is 0.261. The maximum absolute atomic E-state index is 13.0. The van der Waals surface area contributed by atoms with E-state index in [9.17, 15) is 14.0 Å². The number of aromatic nitrogens is 1. The number of fused-ring (bicyclic) bond motifs is 1. The molecule has 7 heteroatoms. The fourth-order valence-corrected chi connectivity index (χ4v) is 3.72. The molecule has 0 aliphatic carbocycles. The molecule has 1 aliphatic rings. The Balaban J connectivity index is 1.47. The van der Waals surface area contributed by atoms with Crippen molar-refractivity contribution < 1.29 is 18.7 Å². The van der Waals surface area contributed by atoms with Gasteiger partial charge in [0.1, 0.15) is 11.6 Å². The average molecular weight is 407 g/mol. The van der Waals surface area contributed by atoms with Gasteiger partial charge in [-0.05, 0) is 42.8 Å². The quantitative estimate of drug-likeness (QED) is 0.705. The third-order valence-corrected chi connectivity index (χ3v) is 5.34. The number of carbonyl (C=O) groups is 2. The van der Waals surface area contributed by atoms with Crippen LogP contribution in [0.1, 0.15) is 28.4 Å². The number of nitrogens with zero attached hydrogens (tertiary/aromatic N) is 2. The van der Waals surface area contributed by atoms with Crippen molar-refractivity contribution in [1.29, 1.82) is 0 Å². The topological polar surface area (TPSA) is 71.5 Å². The molecule has 1 saturated heterocycles. The van der Waals surface area contributed by atoms with E-state index >= 15 is 0 Å². The van der Waals surface area contributed by atoms with Crippen LogP contribution in [0, 0.1) is 5.82 Å². The molecule has 0 saturated carbocycles. The summed E-state index contributed by atoms with van der Waals surface area (Å²) in [6.45, 7) is 1.01. The molecule has 4 rings (SSSR count). The Bertz CT molecular complexity index is 1080. The lowest BCUT2D eigenvalue weighted by Gasteiger charge is -2.17. The summed E-state index contributed by atoms with van der Waals surface area (Å²) in [6.07, 6.45) is 0.765. The van der Waals surface area contributed by atoms with Crippen LogP contribution in [0.2, 0.25) is 0 Å². The Labute approximate surface area is 173 Å². The van der Waals surface area contributed by atoms with Crippen LogP contribution < -0.4 is 10.1 Å². The Morgan fingerprint density at radius 3 is 2.73 bits per heavy atom. The van der Waals surface area contributed by atoms with Crippen molar-refractivity contribution >= 4 is 22.7 Å². The van der Waals surface area contributed by atoms with Gasteiger partial charge in [-0.15, -0.1) is 0 Å². The van der Waals surface area contributed by atoms with Gasteiger partial charge in [0, 0.05) is 37.1 Å². The van der Waals surface area contributed by atoms with Crippen LogP contribution in [0.4, 0.5) is 4.39 Å². The summed E-state index contributed by atoms with van der Waals surface area (Å²) in [5.41, 5.74) is 2.16. The zero-order chi connectivity index (χ0) is 21.1. The minimum absolute atomic E-state index is 0.0489. The summed E-state index contributed by atoms with van der Waals surface area (Å²) in [5.74, 6) is -0.141. The molecule has 1 fully saturated rings. The number of likely N-dealkylation sites (tertiary alicyclic amines) is 1. The SMILES string of the molecule is CNC(=O)c1cc([C@H]2CCN(C(=O)COc3ccc(F)cc3)C2)nc2ccccc12. The molecule has 3 aromatic rings. The van der Waals surface area contributed by atoms with Crippen LogP contribution in [-0.2, 0) is 4.79 Å². The van der Waals surface area contributed by atoms with Crippen molar-refractivity contribution in [3.8, 4) is 5.75 Å². The first-order valence-electron chi connectivity index (χ1n) is 9.83. The van der Waals surface area contributed by atoms with E-state index in [2.05, 4.69) is 5.32 Å². The first kappa shape index (κ1) is 19.8. The standard InChI is InChI=1S/C23H22FN3O3/c1-25-23(29)19-12-21(26-20-5-3-2-4-18(19)20)15-10-11-27(13-15)22(28)14-30-17-8-6-16(24)7-9-17/h2-9,12,15H,10-11,13-14H2,1H3,(H,25,29)/t15-/m0/s1. The number of pyridine rings is 1. The summed E-state index contributed by atoms with van der Waals surface area (Å²) in [7, 11) is 1.61. The number of rotatable bonds is 5. The van der Waals surface area contributed by atoms with E-state index < -0.39 is 0 Å². The first-order chi connectivity index (χ1) is 14.5. The number of carbonyl (C=O) groups excluding carboxylic acids is 2. The molecule has 6 nitrogen and oxygen atoms in total. The van der Waals surface area contributed by atoms with E-state index in [0.29, 0.717) is 24.4 Å². The van der Waals surface area contributed by atoms with Crippen molar-refractivity contribution in [3.05, 3.63) is 71.7 Å². The lowest BCUT2D eigenvalue weighted by molar-refractivity contribution is -0.132. The van der Waals surface area contributed by atoms with E-state index in [0.717, 1.165) is 23.0 Å². The maximum atomic E-state index is 13.0. The van der Waals surface area contributed by atoms with E-state index in [4.69, 9.17) is 9.72 Å². The Morgan fingerprint density at radius 1 is 1.20 bits per heavy atom. The largest absolute Gasteiger partial charge is 0.484 e. The third-order valence-electron chi connectivity index (χ3n) is 5.34. The summed E-state index contributed by atoms with van der Waals surface area (Å²) in [5, 5.41) is 3.49. The van der Waals surface area contributed by atoms with Gasteiger partial charge in [-0.3, -0.25) is 14.6 Å². The first-order valence-corrected chi connectivity index (χ1v) is 9.83. The molecule has 1 atom stereocenters. The second-order valence-corrected chi connectivity index (χ2v) is 7.26. The lowest BCUT2D eigenvalue weighted by Crippen LogP contribution is -2.33. The van der Waals surface area contributed by atoms with Crippen LogP contribution in [0.25, 0.3) is 10.9 Å². The van der Waals surface area contributed by atoms with Gasteiger partial charge in [-0.2, -0.15) is 0 Å². The summed E-state index contributed by atoms with van der Waals surface area (Å²) in [6, 6.07) is 14.9. The van der Waals surface area contributed by atoms with Crippen LogP contribution in [0.3, 0.4) is 0 Å². The number of amides is 2. The van der Waals surface area contributed by atoms with E-state index in [1.807, 2.05) is 30.3 Å². The molecule has 30 heavy (non-hydrogen) atoms. The highest BCUT2D eigenvalue weighted by molar-refractivity contribution is 6.06. The number of hydrogen-bond acceptors (Lipinski definition) is 4. The smallest absolute Gasteiger partial charge is 0.260 e. The van der Waals surface area contributed by atoms with Crippen molar-refractivity contribution in [1.82, 2.24) is 15.2 Å². The zero-order valence-corrected chi connectivity index (χ0v) is 16.6. The molecule has 154 valence electrons. The molecule has 0 bridgehead atoms. The number of nitrogens with one attached hydrogen (secondary N) is 1. The van der Waals surface area contributed by atoms with E-state index in [1.54, 1.807) is 11.9 Å². The van der Waals surface area contributed by atoms with Crippen molar-refractivity contribution in [2.24, 2.45) is 0 Å². The van der Waals surface area contributed by atoms with Gasteiger partial charge in [-0.1, -0.05) is 18.2 Å². The molecule has 2 heterocycles. The highest BCUT2D eigenvalue weighted by Crippen LogP contribution is 2.29. The van der Waals surface area contributed by atoms with E-state index in [-0.39, 0.29) is 30.2 Å². The molecule has 2 amide bonds. The highest BCUT2D eigenvalue weighted by atomic mass is 19.1. The molecular weight excluding hydrogens is 385 g/mol. The molecule has 0 radical (unpaired) electrons. The van der Waals surface area contributed by atoms with Crippen LogP contribution in [-0.4, -0.2) is 48.4 Å². The molecule has 0 spiro atoms. The number of ether oxygens (including phenoxy) is 1. The molecule has 1 aliphatic heterocycles. The van der Waals surface area contributed by atoms with Gasteiger partial charge < -0.3 is 15.0 Å². The minimum Gasteiger partial charge on any atom is -0.484 e. The molecular formula is C23H22FN3O3. The monoisotopic (exact) mass is 407 g/mol. The lowest BCUT2D eigenvalue weighted by atomic mass is 9.99. The Morgan fingerprint density at radius 2 is 1.97 bits per heavy atom. The highest BCUT2D eigenvalue weighted by Gasteiger charge is 2.29. The van der Waals surface area contributed by atoms with Gasteiger partial charge in [0.05, 0.1) is 11.1 Å². The van der Waals surface area contributed by atoms with Gasteiger partial charge in [0.2, 0.25) is 0 Å². The zero-order valence-electron chi connectivity index (χ0n) is 16.6. The second-order valence-electron chi connectivity index (χ2n) is 7.26. The fourth-order valence-electron chi connectivity index (χ4n) is 3.72. The predicted molar refractivity (Wildman–Crippen MR) is 111 cm³/mol. The summed E-state index contributed by atoms with van der Waals surface area (Å²) >= 11 is 0. The predicted octanol–water partition coefficient (Wildman–Crippen LogP) is 3.13. The molecule has 2 aromatic carbocycles. The third kappa shape index (κ3) is 4.10. The van der Waals surface area contributed by atoms with Gasteiger partial charge in [-0.25, -0.2) is 4.39 Å². The van der Waals surface area contributed by atoms with E-state index in [1.165, 1.54) is 24.3 Å². The van der Waals surface area contributed by atoms with Crippen LogP contribution >= 0.6 is 0 Å². The Kier molecular flexibility index (Phi) is 5.61. The summed E-state index contributed by atoms with van der Waals surface area (Å²) < 4.78 is 18.4. The second kappa shape index (κ2) is 8.49. The molecule has 1 N–H and O–H groups in total. The number of benzene rings is 2.